The Morgan fingerprint density at radius 3 is 2.14 bits per heavy atom. The highest BCUT2D eigenvalue weighted by Gasteiger charge is 2.34. The van der Waals surface area contributed by atoms with Gasteiger partial charge in [0.2, 0.25) is 0 Å². The highest BCUT2D eigenvalue weighted by molar-refractivity contribution is 5.78. The van der Waals surface area contributed by atoms with Crippen molar-refractivity contribution in [1.82, 2.24) is 5.32 Å². The quantitative estimate of drug-likeness (QED) is 0.854. The van der Waals surface area contributed by atoms with Crippen molar-refractivity contribution in [3.63, 3.8) is 0 Å². The number of carboxylic acid groups (broad SMARTS) is 1. The molecular formula is C18H21NO2. The van der Waals surface area contributed by atoms with Crippen LogP contribution in [0.25, 0.3) is 0 Å². The van der Waals surface area contributed by atoms with Gasteiger partial charge in [-0.1, -0.05) is 60.7 Å². The van der Waals surface area contributed by atoms with E-state index in [-0.39, 0.29) is 6.04 Å². The molecule has 21 heavy (non-hydrogen) atoms. The number of carbonyl (C=O) groups is 1. The van der Waals surface area contributed by atoms with Gasteiger partial charge in [0.1, 0.15) is 5.54 Å². The lowest BCUT2D eigenvalue weighted by molar-refractivity contribution is -0.144. The number of carboxylic acids is 1. The monoisotopic (exact) mass is 283 g/mol. The first kappa shape index (κ1) is 15.3. The van der Waals surface area contributed by atoms with Crippen LogP contribution in [0.15, 0.2) is 60.7 Å². The molecule has 2 N–H and O–H groups in total. The highest BCUT2D eigenvalue weighted by Crippen LogP contribution is 2.20. The first-order valence-corrected chi connectivity index (χ1v) is 7.11. The maximum atomic E-state index is 11.7. The minimum absolute atomic E-state index is 0.0315. The average Bonchev–Trinajstić information content (AvgIpc) is 2.49. The number of nitrogens with one attached hydrogen (secondary N) is 1. The maximum Gasteiger partial charge on any atom is 0.323 e. The van der Waals surface area contributed by atoms with E-state index >= 15 is 0 Å². The molecule has 3 nitrogen and oxygen atoms in total. The number of aliphatic carboxylic acids is 1. The fourth-order valence-corrected chi connectivity index (χ4v) is 2.50. The highest BCUT2D eigenvalue weighted by atomic mass is 16.4. The van der Waals surface area contributed by atoms with Crippen LogP contribution in [-0.4, -0.2) is 16.6 Å². The Bertz CT molecular complexity index is 583. The molecule has 0 amide bonds. The van der Waals surface area contributed by atoms with Crippen molar-refractivity contribution in [3.05, 3.63) is 71.8 Å². The molecule has 0 saturated heterocycles. The topological polar surface area (TPSA) is 49.3 Å². The van der Waals surface area contributed by atoms with E-state index in [1.807, 2.05) is 67.6 Å². The van der Waals surface area contributed by atoms with Crippen molar-refractivity contribution in [1.29, 1.82) is 0 Å². The Morgan fingerprint density at radius 1 is 1.10 bits per heavy atom. The number of hydrogen-bond donors (Lipinski definition) is 2. The number of hydrogen-bond acceptors (Lipinski definition) is 2. The Kier molecular flexibility index (Phi) is 4.76. The van der Waals surface area contributed by atoms with Gasteiger partial charge in [0, 0.05) is 12.5 Å². The second-order valence-corrected chi connectivity index (χ2v) is 5.58. The Labute approximate surface area is 125 Å². The van der Waals surface area contributed by atoms with E-state index in [0.29, 0.717) is 6.42 Å². The lowest BCUT2D eigenvalue weighted by Gasteiger charge is -2.30. The molecule has 0 aliphatic rings. The summed E-state index contributed by atoms with van der Waals surface area (Å²) in [6.45, 7) is 3.73. The molecule has 0 spiro atoms. The van der Waals surface area contributed by atoms with E-state index in [4.69, 9.17) is 0 Å². The van der Waals surface area contributed by atoms with Gasteiger partial charge in [0.25, 0.3) is 0 Å². The third-order valence-corrected chi connectivity index (χ3v) is 3.71. The van der Waals surface area contributed by atoms with Crippen LogP contribution in [0.1, 0.15) is 31.0 Å². The summed E-state index contributed by atoms with van der Waals surface area (Å²) in [5.41, 5.74) is 1.09. The lowest BCUT2D eigenvalue weighted by atomic mass is 9.91. The van der Waals surface area contributed by atoms with Gasteiger partial charge in [-0.05, 0) is 25.0 Å². The normalized spacial score (nSPS) is 15.1. The van der Waals surface area contributed by atoms with Crippen LogP contribution in [0.4, 0.5) is 0 Å². The van der Waals surface area contributed by atoms with E-state index in [1.54, 1.807) is 6.92 Å². The van der Waals surface area contributed by atoms with Crippen LogP contribution in [0.2, 0.25) is 0 Å². The second kappa shape index (κ2) is 6.55. The van der Waals surface area contributed by atoms with Crippen molar-refractivity contribution in [2.24, 2.45) is 0 Å². The molecule has 2 aromatic carbocycles. The molecule has 0 bridgehead atoms. The van der Waals surface area contributed by atoms with E-state index in [2.05, 4.69) is 5.32 Å². The van der Waals surface area contributed by atoms with Gasteiger partial charge >= 0.3 is 5.97 Å². The van der Waals surface area contributed by atoms with Crippen molar-refractivity contribution >= 4 is 5.97 Å². The Morgan fingerprint density at radius 2 is 1.62 bits per heavy atom. The summed E-state index contributed by atoms with van der Waals surface area (Å²) < 4.78 is 0. The first-order chi connectivity index (χ1) is 10.0. The number of rotatable bonds is 6. The van der Waals surface area contributed by atoms with Crippen LogP contribution in [0.5, 0.6) is 0 Å². The summed E-state index contributed by atoms with van der Waals surface area (Å²) >= 11 is 0. The molecule has 2 aromatic rings. The summed E-state index contributed by atoms with van der Waals surface area (Å²) in [6, 6.07) is 19.5. The lowest BCUT2D eigenvalue weighted by Crippen LogP contribution is -2.52. The van der Waals surface area contributed by atoms with Crippen molar-refractivity contribution in [3.8, 4) is 0 Å². The maximum absolute atomic E-state index is 11.7. The van der Waals surface area contributed by atoms with Crippen molar-refractivity contribution in [2.75, 3.05) is 0 Å². The third kappa shape index (κ3) is 3.92. The van der Waals surface area contributed by atoms with E-state index in [1.165, 1.54) is 0 Å². The van der Waals surface area contributed by atoms with Gasteiger partial charge in [0.05, 0.1) is 0 Å². The molecule has 0 saturated carbocycles. The molecule has 3 heteroatoms. The third-order valence-electron chi connectivity index (χ3n) is 3.71. The molecule has 0 heterocycles. The SMILES string of the molecule is C[C@H](N[C@](C)(Cc1ccccc1)C(=O)O)c1ccccc1. The largest absolute Gasteiger partial charge is 0.480 e. The molecule has 2 rings (SSSR count). The molecule has 0 aromatic heterocycles. The molecule has 2 atom stereocenters. The Hall–Kier alpha value is -2.13. The molecule has 0 aliphatic carbocycles. The summed E-state index contributed by atoms with van der Waals surface area (Å²) in [5, 5.41) is 12.9. The van der Waals surface area contributed by atoms with Crippen molar-refractivity contribution < 1.29 is 9.90 Å². The summed E-state index contributed by atoms with van der Waals surface area (Å²) in [7, 11) is 0. The van der Waals surface area contributed by atoms with E-state index in [9.17, 15) is 9.90 Å². The Balaban J connectivity index is 2.17. The van der Waals surface area contributed by atoms with Gasteiger partial charge in [-0.15, -0.1) is 0 Å². The van der Waals surface area contributed by atoms with Gasteiger partial charge in [0.15, 0.2) is 0 Å². The van der Waals surface area contributed by atoms with Crippen LogP contribution < -0.4 is 5.32 Å². The van der Waals surface area contributed by atoms with Gasteiger partial charge in [-0.2, -0.15) is 0 Å². The van der Waals surface area contributed by atoms with Crippen LogP contribution in [0.3, 0.4) is 0 Å². The average molecular weight is 283 g/mol. The van der Waals surface area contributed by atoms with Crippen molar-refractivity contribution in [2.45, 2.75) is 31.8 Å². The predicted octanol–water partition coefficient (Wildman–Crippen LogP) is 3.42. The summed E-state index contributed by atoms with van der Waals surface area (Å²) in [5.74, 6) is -0.839. The van der Waals surface area contributed by atoms with Crippen LogP contribution >= 0.6 is 0 Å². The zero-order valence-electron chi connectivity index (χ0n) is 12.4. The van der Waals surface area contributed by atoms with E-state index < -0.39 is 11.5 Å². The standard InChI is InChI=1S/C18H21NO2/c1-14(16-11-7-4-8-12-16)19-18(2,17(20)21)13-15-9-5-3-6-10-15/h3-12,14,19H,13H2,1-2H3,(H,20,21)/t14-,18+/m0/s1. The second-order valence-electron chi connectivity index (χ2n) is 5.58. The van der Waals surface area contributed by atoms with Crippen LogP contribution in [0, 0.1) is 0 Å². The minimum atomic E-state index is -1.00. The fourth-order valence-electron chi connectivity index (χ4n) is 2.50. The van der Waals surface area contributed by atoms with Gasteiger partial charge in [-0.25, -0.2) is 0 Å². The predicted molar refractivity (Wildman–Crippen MR) is 84.2 cm³/mol. The van der Waals surface area contributed by atoms with Crippen LogP contribution in [-0.2, 0) is 11.2 Å². The minimum Gasteiger partial charge on any atom is -0.480 e. The zero-order valence-corrected chi connectivity index (χ0v) is 12.4. The summed E-state index contributed by atoms with van der Waals surface area (Å²) in [4.78, 5) is 11.7. The number of benzene rings is 2. The molecule has 0 radical (unpaired) electrons. The van der Waals surface area contributed by atoms with E-state index in [0.717, 1.165) is 11.1 Å². The smallest absolute Gasteiger partial charge is 0.323 e. The van der Waals surface area contributed by atoms with Gasteiger partial charge in [-0.3, -0.25) is 10.1 Å². The molecule has 0 fully saturated rings. The molecule has 0 aliphatic heterocycles. The zero-order chi connectivity index (χ0) is 15.3. The summed E-state index contributed by atoms with van der Waals surface area (Å²) in [6.07, 6.45) is 0.445. The first-order valence-electron chi connectivity index (χ1n) is 7.11. The fraction of sp³-hybridized carbons (Fsp3) is 0.278. The van der Waals surface area contributed by atoms with Gasteiger partial charge < -0.3 is 5.11 Å². The molecular weight excluding hydrogens is 262 g/mol. The molecule has 110 valence electrons. The molecule has 0 unspecified atom stereocenters.